The monoisotopic (exact) mass is 428 g/mol. The highest BCUT2D eigenvalue weighted by molar-refractivity contribution is 7.96. The molecule has 1 saturated heterocycles. The summed E-state index contributed by atoms with van der Waals surface area (Å²) >= 11 is 6.20. The number of sulfone groups is 1. The third kappa shape index (κ3) is 3.06. The topological polar surface area (TPSA) is 57.7 Å². The Labute approximate surface area is 175 Å². The molecule has 7 heteroatoms. The van der Waals surface area contributed by atoms with Crippen molar-refractivity contribution in [1.82, 2.24) is 4.90 Å². The van der Waals surface area contributed by atoms with Gasteiger partial charge < -0.3 is 9.80 Å². The summed E-state index contributed by atoms with van der Waals surface area (Å²) < 4.78 is 26.6. The first-order valence-electron chi connectivity index (χ1n) is 9.92. The number of likely N-dealkylation sites (tertiary alicyclic amines) is 1. The van der Waals surface area contributed by atoms with Crippen molar-refractivity contribution in [2.75, 3.05) is 18.0 Å². The molecule has 1 fully saturated rings. The molecule has 0 aromatic heterocycles. The van der Waals surface area contributed by atoms with Crippen molar-refractivity contribution in [1.29, 1.82) is 0 Å². The fourth-order valence-corrected chi connectivity index (χ4v) is 6.13. The number of benzene rings is 2. The molecule has 1 aliphatic carbocycles. The number of nitrogens with zero attached hydrogens (tertiary/aromatic N) is 2. The third-order valence-corrected chi connectivity index (χ3v) is 7.99. The maximum absolute atomic E-state index is 13.3. The summed E-state index contributed by atoms with van der Waals surface area (Å²) in [4.78, 5) is 16.5. The highest BCUT2D eigenvalue weighted by atomic mass is 35.5. The number of hydrogen-bond donors (Lipinski definition) is 0. The normalized spacial score (nSPS) is 19.7. The third-order valence-electron chi connectivity index (χ3n) is 5.97. The van der Waals surface area contributed by atoms with Crippen LogP contribution in [-0.4, -0.2) is 32.3 Å². The minimum atomic E-state index is -3.92. The van der Waals surface area contributed by atoms with Gasteiger partial charge >= 0.3 is 0 Å². The van der Waals surface area contributed by atoms with E-state index in [9.17, 15) is 13.2 Å². The van der Waals surface area contributed by atoms with Crippen LogP contribution in [0.1, 0.15) is 30.4 Å². The summed E-state index contributed by atoms with van der Waals surface area (Å²) in [7, 11) is -3.92. The van der Waals surface area contributed by atoms with Crippen LogP contribution in [0.4, 0.5) is 11.4 Å². The van der Waals surface area contributed by atoms with Crippen LogP contribution in [0.3, 0.4) is 0 Å². The van der Waals surface area contributed by atoms with Crippen molar-refractivity contribution < 1.29 is 13.2 Å². The van der Waals surface area contributed by atoms with Crippen LogP contribution in [0.15, 0.2) is 52.4 Å². The summed E-state index contributed by atoms with van der Waals surface area (Å²) in [6, 6.07) is 10.9. The first-order chi connectivity index (χ1) is 13.9. The van der Waals surface area contributed by atoms with E-state index in [0.29, 0.717) is 23.8 Å². The molecule has 0 N–H and O–H groups in total. The molecular weight excluding hydrogens is 408 g/mol. The molecule has 5 nitrogen and oxygen atoms in total. The number of amides is 1. The summed E-state index contributed by atoms with van der Waals surface area (Å²) in [6.45, 7) is 1.19. The predicted octanol–water partition coefficient (Wildman–Crippen LogP) is 4.22. The maximum atomic E-state index is 13.3. The molecule has 5 rings (SSSR count). The summed E-state index contributed by atoms with van der Waals surface area (Å²) in [5.41, 5.74) is 3.94. The molecule has 2 aliphatic heterocycles. The second kappa shape index (κ2) is 6.89. The number of anilines is 2. The van der Waals surface area contributed by atoms with Crippen molar-refractivity contribution in [3.63, 3.8) is 0 Å². The molecule has 0 radical (unpaired) electrons. The van der Waals surface area contributed by atoms with E-state index in [4.69, 9.17) is 11.6 Å². The van der Waals surface area contributed by atoms with Gasteiger partial charge in [0.1, 0.15) is 0 Å². The highest BCUT2D eigenvalue weighted by Gasteiger charge is 2.38. The quantitative estimate of drug-likeness (QED) is 0.718. The molecule has 29 heavy (non-hydrogen) atoms. The molecule has 0 spiro atoms. The zero-order valence-electron chi connectivity index (χ0n) is 15.9. The molecule has 150 valence electrons. The van der Waals surface area contributed by atoms with E-state index in [-0.39, 0.29) is 9.80 Å². The van der Waals surface area contributed by atoms with Crippen LogP contribution in [0.2, 0.25) is 5.02 Å². The van der Waals surface area contributed by atoms with Crippen molar-refractivity contribution in [3.05, 3.63) is 63.7 Å². The van der Waals surface area contributed by atoms with Gasteiger partial charge in [-0.3, -0.25) is 4.79 Å². The highest BCUT2D eigenvalue weighted by Crippen LogP contribution is 2.42. The van der Waals surface area contributed by atoms with Gasteiger partial charge in [-0.15, -0.1) is 0 Å². The van der Waals surface area contributed by atoms with E-state index in [2.05, 4.69) is 12.1 Å². The Morgan fingerprint density at radius 3 is 2.48 bits per heavy atom. The Balaban J connectivity index is 1.68. The lowest BCUT2D eigenvalue weighted by Crippen LogP contribution is -2.35. The van der Waals surface area contributed by atoms with Crippen LogP contribution in [0.5, 0.6) is 0 Å². The second-order valence-electron chi connectivity index (χ2n) is 7.78. The largest absolute Gasteiger partial charge is 0.338 e. The lowest BCUT2D eigenvalue weighted by atomic mass is 10.1. The second-order valence-corrected chi connectivity index (χ2v) is 10.1. The van der Waals surface area contributed by atoms with Gasteiger partial charge in [0.05, 0.1) is 10.6 Å². The van der Waals surface area contributed by atoms with E-state index in [1.54, 1.807) is 21.9 Å². The summed E-state index contributed by atoms with van der Waals surface area (Å²) in [6.07, 6.45) is 6.50. The number of hydrogen-bond acceptors (Lipinski definition) is 4. The van der Waals surface area contributed by atoms with Crippen molar-refractivity contribution >= 4 is 38.7 Å². The maximum Gasteiger partial charge on any atom is 0.267 e. The minimum absolute atomic E-state index is 0.118. The number of fused-ring (bicyclic) bond motifs is 2. The number of aryl methyl sites for hydroxylation is 2. The fourth-order valence-electron chi connectivity index (χ4n) is 4.45. The Morgan fingerprint density at radius 1 is 0.931 bits per heavy atom. The van der Waals surface area contributed by atoms with E-state index in [1.807, 2.05) is 6.07 Å². The summed E-state index contributed by atoms with van der Waals surface area (Å²) in [5.74, 6) is -0.422. The number of carbonyl (C=O) groups excluding carboxylic acids is 1. The Bertz CT molecular complexity index is 1150. The van der Waals surface area contributed by atoms with Gasteiger partial charge in [-0.1, -0.05) is 17.7 Å². The van der Waals surface area contributed by atoms with Crippen molar-refractivity contribution in [2.45, 2.75) is 37.0 Å². The van der Waals surface area contributed by atoms with Crippen molar-refractivity contribution in [2.24, 2.45) is 0 Å². The molecule has 2 aromatic rings. The molecule has 2 heterocycles. The molecule has 1 amide bonds. The Morgan fingerprint density at radius 2 is 1.69 bits per heavy atom. The van der Waals surface area contributed by atoms with Gasteiger partial charge in [-0.25, -0.2) is 8.42 Å². The summed E-state index contributed by atoms with van der Waals surface area (Å²) in [5, 5.41) is 0.452. The predicted molar refractivity (Wildman–Crippen MR) is 113 cm³/mol. The minimum Gasteiger partial charge on any atom is -0.338 e. The van der Waals surface area contributed by atoms with Gasteiger partial charge in [-0.05, 0) is 73.6 Å². The molecule has 0 unspecified atom stereocenters. The van der Waals surface area contributed by atoms with Crippen LogP contribution in [0, 0.1) is 0 Å². The number of halogens is 1. The van der Waals surface area contributed by atoms with E-state index in [1.165, 1.54) is 23.4 Å². The number of carbonyl (C=O) groups is 1. The average Bonchev–Trinajstić information content (AvgIpc) is 3.38. The van der Waals surface area contributed by atoms with Gasteiger partial charge in [0.2, 0.25) is 9.84 Å². The molecule has 3 aliphatic rings. The lowest BCUT2D eigenvalue weighted by Gasteiger charge is -2.30. The zero-order valence-corrected chi connectivity index (χ0v) is 17.5. The first-order valence-corrected chi connectivity index (χ1v) is 11.8. The van der Waals surface area contributed by atoms with Gasteiger partial charge in [0.15, 0.2) is 4.91 Å². The first kappa shape index (κ1) is 18.7. The lowest BCUT2D eigenvalue weighted by molar-refractivity contribution is -0.125. The molecule has 0 saturated carbocycles. The zero-order chi connectivity index (χ0) is 20.2. The molecule has 2 aromatic carbocycles. The molecule has 0 bridgehead atoms. The Kier molecular flexibility index (Phi) is 4.44. The smallest absolute Gasteiger partial charge is 0.267 e. The number of rotatable bonds is 2. The standard InChI is InChI=1S/C22H21ClN2O3S/c23-17-7-9-20-19(13-17)25(18-8-6-15-4-3-5-16(15)12-18)14-21(29(20,27)28)22(26)24-10-1-2-11-24/h6-9,12-14H,1-5,10-11H2. The van der Waals surface area contributed by atoms with E-state index < -0.39 is 15.7 Å². The molecular formula is C22H21ClN2O3S. The Hall–Kier alpha value is -2.31. The average molecular weight is 429 g/mol. The van der Waals surface area contributed by atoms with Crippen molar-refractivity contribution in [3.8, 4) is 0 Å². The van der Waals surface area contributed by atoms with E-state index in [0.717, 1.165) is 37.8 Å². The van der Waals surface area contributed by atoms with E-state index >= 15 is 0 Å². The van der Waals surface area contributed by atoms with Crippen LogP contribution in [0.25, 0.3) is 0 Å². The van der Waals surface area contributed by atoms with Crippen LogP contribution in [-0.2, 0) is 27.5 Å². The van der Waals surface area contributed by atoms with Gasteiger partial charge in [0.25, 0.3) is 5.91 Å². The molecule has 0 atom stereocenters. The van der Waals surface area contributed by atoms with Gasteiger partial charge in [0, 0.05) is 30.0 Å². The SMILES string of the molecule is O=C(C1=CN(c2ccc3c(c2)CCC3)c2cc(Cl)ccc2S1(=O)=O)N1CCCC1. The van der Waals surface area contributed by atoms with Crippen LogP contribution < -0.4 is 4.90 Å². The van der Waals surface area contributed by atoms with Crippen LogP contribution >= 0.6 is 11.6 Å². The fraction of sp³-hybridized carbons (Fsp3) is 0.318. The van der Waals surface area contributed by atoms with Gasteiger partial charge in [-0.2, -0.15) is 0 Å².